The summed E-state index contributed by atoms with van der Waals surface area (Å²) in [6.45, 7) is 5.45. The maximum absolute atomic E-state index is 12.6. The SMILES string of the molecule is CCN(CC)S(=O)(=O)c1cc(C(=O)OC(C)C(=O)Nc2cccc(Cl)c2Cl)n(C)c1. The highest BCUT2D eigenvalue weighted by molar-refractivity contribution is 7.89. The Balaban J connectivity index is 2.15. The molecule has 30 heavy (non-hydrogen) atoms. The van der Waals surface area contributed by atoms with Gasteiger partial charge in [-0.05, 0) is 25.1 Å². The number of anilines is 1. The van der Waals surface area contributed by atoms with E-state index in [0.29, 0.717) is 13.1 Å². The van der Waals surface area contributed by atoms with Crippen LogP contribution < -0.4 is 5.32 Å². The van der Waals surface area contributed by atoms with E-state index in [0.717, 1.165) is 0 Å². The van der Waals surface area contributed by atoms with Crippen molar-refractivity contribution in [2.24, 2.45) is 7.05 Å². The number of carbonyl (C=O) groups is 2. The summed E-state index contributed by atoms with van der Waals surface area (Å²) in [5, 5.41) is 2.97. The van der Waals surface area contributed by atoms with E-state index in [1.165, 1.54) is 35.1 Å². The van der Waals surface area contributed by atoms with Crippen LogP contribution in [0.2, 0.25) is 10.0 Å². The number of halogens is 2. The van der Waals surface area contributed by atoms with E-state index in [2.05, 4.69) is 5.32 Å². The summed E-state index contributed by atoms with van der Waals surface area (Å²) in [4.78, 5) is 24.9. The lowest BCUT2D eigenvalue weighted by Gasteiger charge is -2.17. The van der Waals surface area contributed by atoms with Crippen LogP contribution in [0.4, 0.5) is 5.69 Å². The van der Waals surface area contributed by atoms with Crippen LogP contribution in [0.5, 0.6) is 0 Å². The lowest BCUT2D eigenvalue weighted by Crippen LogP contribution is -2.30. The summed E-state index contributed by atoms with van der Waals surface area (Å²) >= 11 is 12.0. The third kappa shape index (κ3) is 5.15. The van der Waals surface area contributed by atoms with Crippen LogP contribution in [0.15, 0.2) is 35.4 Å². The highest BCUT2D eigenvalue weighted by Gasteiger charge is 2.27. The van der Waals surface area contributed by atoms with Crippen LogP contribution in [0.3, 0.4) is 0 Å². The number of aryl methyl sites for hydroxylation is 1. The fourth-order valence-electron chi connectivity index (χ4n) is 2.70. The minimum absolute atomic E-state index is 0.00108. The summed E-state index contributed by atoms with van der Waals surface area (Å²) in [6, 6.07) is 5.97. The molecule has 2 rings (SSSR count). The Morgan fingerprint density at radius 3 is 2.47 bits per heavy atom. The molecule has 1 N–H and O–H groups in total. The van der Waals surface area contributed by atoms with Crippen molar-refractivity contribution in [3.8, 4) is 0 Å². The third-order valence-corrected chi connectivity index (χ3v) is 7.23. The maximum atomic E-state index is 12.6. The highest BCUT2D eigenvalue weighted by atomic mass is 35.5. The molecule has 0 bridgehead atoms. The number of amides is 1. The molecule has 8 nitrogen and oxygen atoms in total. The number of sulfonamides is 1. The number of carbonyl (C=O) groups excluding carboxylic acids is 2. The van der Waals surface area contributed by atoms with Crippen molar-refractivity contribution < 1.29 is 22.7 Å². The molecule has 1 aromatic carbocycles. The Hall–Kier alpha value is -2.07. The number of hydrogen-bond donors (Lipinski definition) is 1. The van der Waals surface area contributed by atoms with Gasteiger partial charge in [-0.1, -0.05) is 43.1 Å². The van der Waals surface area contributed by atoms with Crippen molar-refractivity contribution in [1.29, 1.82) is 0 Å². The second-order valence-corrected chi connectivity index (χ2v) is 9.12. The summed E-state index contributed by atoms with van der Waals surface area (Å²) in [5.74, 6) is -1.45. The minimum Gasteiger partial charge on any atom is -0.448 e. The Morgan fingerprint density at radius 1 is 1.23 bits per heavy atom. The minimum atomic E-state index is -3.73. The third-order valence-electron chi connectivity index (χ3n) is 4.39. The van der Waals surface area contributed by atoms with Crippen molar-refractivity contribution in [3.63, 3.8) is 0 Å². The van der Waals surface area contributed by atoms with Gasteiger partial charge in [-0.2, -0.15) is 4.31 Å². The molecule has 0 fully saturated rings. The molecule has 0 saturated carbocycles. The zero-order valence-corrected chi connectivity index (χ0v) is 19.3. The predicted octanol–water partition coefficient (Wildman–Crippen LogP) is 3.55. The molecule has 0 aliphatic rings. The molecule has 0 spiro atoms. The smallest absolute Gasteiger partial charge is 0.355 e. The molecule has 164 valence electrons. The maximum Gasteiger partial charge on any atom is 0.355 e. The van der Waals surface area contributed by atoms with Crippen LogP contribution >= 0.6 is 23.2 Å². The number of aromatic nitrogens is 1. The molecule has 1 aromatic heterocycles. The predicted molar refractivity (Wildman–Crippen MR) is 115 cm³/mol. The molecule has 0 aliphatic heterocycles. The lowest BCUT2D eigenvalue weighted by atomic mass is 10.3. The van der Waals surface area contributed by atoms with Gasteiger partial charge in [0.15, 0.2) is 6.10 Å². The van der Waals surface area contributed by atoms with Crippen LogP contribution in [0.25, 0.3) is 0 Å². The lowest BCUT2D eigenvalue weighted by molar-refractivity contribution is -0.123. The van der Waals surface area contributed by atoms with Gasteiger partial charge < -0.3 is 14.6 Å². The molecule has 0 radical (unpaired) electrons. The number of ether oxygens (including phenoxy) is 1. The standard InChI is InChI=1S/C19H23Cl2N3O5S/c1-5-24(6-2)30(27,28)13-10-16(23(4)11-13)19(26)29-12(3)18(25)22-15-9-7-8-14(20)17(15)21/h7-12H,5-6H2,1-4H3,(H,22,25). The van der Waals surface area contributed by atoms with E-state index in [1.54, 1.807) is 32.0 Å². The molecule has 11 heteroatoms. The largest absolute Gasteiger partial charge is 0.448 e. The molecule has 1 heterocycles. The van der Waals surface area contributed by atoms with E-state index in [9.17, 15) is 18.0 Å². The van der Waals surface area contributed by atoms with Crippen molar-refractivity contribution in [3.05, 3.63) is 46.2 Å². The second-order valence-electron chi connectivity index (χ2n) is 6.40. The van der Waals surface area contributed by atoms with Crippen LogP contribution in [0.1, 0.15) is 31.3 Å². The quantitative estimate of drug-likeness (QED) is 0.588. The zero-order valence-electron chi connectivity index (χ0n) is 17.0. The molecule has 0 saturated heterocycles. The topological polar surface area (TPSA) is 97.7 Å². The molecule has 1 atom stereocenters. The van der Waals surface area contributed by atoms with Crippen molar-refractivity contribution in [2.75, 3.05) is 18.4 Å². The van der Waals surface area contributed by atoms with Gasteiger partial charge in [0.25, 0.3) is 5.91 Å². The number of nitrogens with zero attached hydrogens (tertiary/aromatic N) is 2. The van der Waals surface area contributed by atoms with E-state index in [1.807, 2.05) is 0 Å². The van der Waals surface area contributed by atoms with E-state index in [4.69, 9.17) is 27.9 Å². The summed E-state index contributed by atoms with van der Waals surface area (Å²) < 4.78 is 33.1. The molecular weight excluding hydrogens is 453 g/mol. The van der Waals surface area contributed by atoms with Crippen molar-refractivity contribution in [1.82, 2.24) is 8.87 Å². The number of rotatable bonds is 8. The summed E-state index contributed by atoms with van der Waals surface area (Å²) in [6.07, 6.45) is 0.172. The Labute approximate surface area is 185 Å². The summed E-state index contributed by atoms with van der Waals surface area (Å²) in [5.41, 5.74) is 0.282. The van der Waals surface area contributed by atoms with Crippen LogP contribution in [0, 0.1) is 0 Å². The fraction of sp³-hybridized carbons (Fsp3) is 0.368. The number of esters is 1. The number of hydrogen-bond acceptors (Lipinski definition) is 5. The van der Waals surface area contributed by atoms with E-state index < -0.39 is 28.0 Å². The van der Waals surface area contributed by atoms with Crippen molar-refractivity contribution in [2.45, 2.75) is 31.8 Å². The normalized spacial score (nSPS) is 12.6. The van der Waals surface area contributed by atoms with E-state index in [-0.39, 0.29) is 26.3 Å². The molecule has 2 aromatic rings. The monoisotopic (exact) mass is 475 g/mol. The van der Waals surface area contributed by atoms with Gasteiger partial charge in [-0.3, -0.25) is 4.79 Å². The fourth-order valence-corrected chi connectivity index (χ4v) is 4.58. The zero-order chi connectivity index (χ0) is 22.6. The van der Waals surface area contributed by atoms with Gasteiger partial charge in [0.05, 0.1) is 15.7 Å². The van der Waals surface area contributed by atoms with Gasteiger partial charge in [0.2, 0.25) is 10.0 Å². The van der Waals surface area contributed by atoms with Gasteiger partial charge in [-0.15, -0.1) is 0 Å². The molecular formula is C19H23Cl2N3O5S. The van der Waals surface area contributed by atoms with Crippen LogP contribution in [-0.4, -0.2) is 48.4 Å². The first-order chi connectivity index (χ1) is 14.0. The van der Waals surface area contributed by atoms with Crippen LogP contribution in [-0.2, 0) is 26.6 Å². The van der Waals surface area contributed by atoms with Gasteiger partial charge in [0, 0.05) is 26.3 Å². The van der Waals surface area contributed by atoms with Gasteiger partial charge in [-0.25, -0.2) is 13.2 Å². The van der Waals surface area contributed by atoms with Crippen molar-refractivity contribution >= 4 is 50.8 Å². The Morgan fingerprint density at radius 2 is 1.87 bits per heavy atom. The molecule has 0 aliphatic carbocycles. The van der Waals surface area contributed by atoms with E-state index >= 15 is 0 Å². The average Bonchev–Trinajstić information content (AvgIpc) is 3.08. The number of nitrogens with one attached hydrogen (secondary N) is 1. The Kier molecular flexibility index (Phi) is 7.93. The number of benzene rings is 1. The average molecular weight is 476 g/mol. The summed E-state index contributed by atoms with van der Waals surface area (Å²) in [7, 11) is -2.21. The highest BCUT2D eigenvalue weighted by Crippen LogP contribution is 2.29. The first-order valence-electron chi connectivity index (χ1n) is 9.15. The van der Waals surface area contributed by atoms with Gasteiger partial charge >= 0.3 is 5.97 Å². The molecule has 1 amide bonds. The second kappa shape index (κ2) is 9.82. The first kappa shape index (κ1) is 24.2. The molecule has 1 unspecified atom stereocenters. The first-order valence-corrected chi connectivity index (χ1v) is 11.3. The Bertz CT molecular complexity index is 1050. The van der Waals surface area contributed by atoms with Gasteiger partial charge in [0.1, 0.15) is 10.6 Å².